The highest BCUT2D eigenvalue weighted by atomic mass is 16.2. The molecule has 7 nitrogen and oxygen atoms in total. The van der Waals surface area contributed by atoms with Crippen molar-refractivity contribution in [3.8, 4) is 5.69 Å². The molecule has 1 fully saturated rings. The van der Waals surface area contributed by atoms with Gasteiger partial charge in [0, 0.05) is 52.5 Å². The molecule has 3 aromatic rings. The number of rotatable bonds is 6. The summed E-state index contributed by atoms with van der Waals surface area (Å²) in [6.07, 6.45) is 4.08. The molecule has 0 spiro atoms. The molecule has 1 saturated heterocycles. The van der Waals surface area contributed by atoms with Crippen LogP contribution in [0, 0.1) is 13.8 Å². The average molecular weight is 430 g/mol. The summed E-state index contributed by atoms with van der Waals surface area (Å²) in [5.74, 6) is -0.697. The van der Waals surface area contributed by atoms with Crippen LogP contribution in [0.1, 0.15) is 50.5 Å². The first-order valence-electron chi connectivity index (χ1n) is 10.7. The maximum atomic E-state index is 12.5. The summed E-state index contributed by atoms with van der Waals surface area (Å²) in [5.41, 5.74) is 13.9. The minimum absolute atomic E-state index is 0.245. The maximum Gasteiger partial charge on any atom is 0.271 e. The summed E-state index contributed by atoms with van der Waals surface area (Å²) in [7, 11) is 0. The minimum atomic E-state index is -0.452. The van der Waals surface area contributed by atoms with Gasteiger partial charge < -0.3 is 15.2 Å². The van der Waals surface area contributed by atoms with E-state index in [1.807, 2.05) is 56.3 Å². The highest BCUT2D eigenvalue weighted by Gasteiger charge is 2.13. The largest absolute Gasteiger partial charge is 0.372 e. The predicted octanol–water partition coefficient (Wildman–Crippen LogP) is 3.56. The number of anilines is 1. The van der Waals surface area contributed by atoms with Gasteiger partial charge in [-0.05, 0) is 81.3 Å². The number of primary amides is 1. The number of nitrogens with zero attached hydrogens (tertiary/aromatic N) is 3. The quantitative estimate of drug-likeness (QED) is 0.464. The molecule has 3 N–H and O–H groups in total. The zero-order valence-corrected chi connectivity index (χ0v) is 18.3. The summed E-state index contributed by atoms with van der Waals surface area (Å²) >= 11 is 0. The van der Waals surface area contributed by atoms with Gasteiger partial charge in [0.25, 0.3) is 5.91 Å². The van der Waals surface area contributed by atoms with Gasteiger partial charge in [-0.3, -0.25) is 9.59 Å². The summed E-state index contributed by atoms with van der Waals surface area (Å²) in [6.45, 7) is 6.12. The fourth-order valence-corrected chi connectivity index (χ4v) is 4.11. The average Bonchev–Trinajstić information content (AvgIpc) is 3.42. The van der Waals surface area contributed by atoms with Crippen molar-refractivity contribution in [1.29, 1.82) is 0 Å². The second-order valence-corrected chi connectivity index (χ2v) is 8.01. The topological polar surface area (TPSA) is 92.7 Å². The first kappa shape index (κ1) is 21.4. The van der Waals surface area contributed by atoms with Gasteiger partial charge in [-0.15, -0.1) is 0 Å². The van der Waals surface area contributed by atoms with Gasteiger partial charge in [0.2, 0.25) is 5.91 Å². The molecule has 0 aliphatic carbocycles. The van der Waals surface area contributed by atoms with Gasteiger partial charge in [-0.25, -0.2) is 5.43 Å². The smallest absolute Gasteiger partial charge is 0.271 e. The van der Waals surface area contributed by atoms with Crippen molar-refractivity contribution in [2.24, 2.45) is 10.8 Å². The fourth-order valence-electron chi connectivity index (χ4n) is 4.11. The predicted molar refractivity (Wildman–Crippen MR) is 127 cm³/mol. The molecule has 0 atom stereocenters. The Bertz CT molecular complexity index is 1150. The SMILES string of the molecule is Cc1cc(/C=N\NC(=O)c2ccc(N3CCCC3)cc2)c(C)n1-c1ccc(C(N)=O)cc1. The summed E-state index contributed by atoms with van der Waals surface area (Å²) in [4.78, 5) is 26.1. The Morgan fingerprint density at radius 2 is 1.53 bits per heavy atom. The lowest BCUT2D eigenvalue weighted by molar-refractivity contribution is 0.0953. The van der Waals surface area contributed by atoms with Gasteiger partial charge in [0.05, 0.1) is 6.21 Å². The van der Waals surface area contributed by atoms with Crippen LogP contribution in [0.25, 0.3) is 5.69 Å². The first-order valence-corrected chi connectivity index (χ1v) is 10.7. The van der Waals surface area contributed by atoms with Gasteiger partial charge >= 0.3 is 0 Å². The normalized spacial score (nSPS) is 13.6. The fraction of sp³-hybridized carbons (Fsp3) is 0.240. The van der Waals surface area contributed by atoms with Gasteiger partial charge in [-0.1, -0.05) is 0 Å². The molecular weight excluding hydrogens is 402 g/mol. The van der Waals surface area contributed by atoms with Crippen LogP contribution in [0.5, 0.6) is 0 Å². The number of hydrazone groups is 1. The number of nitrogens with one attached hydrogen (secondary N) is 1. The van der Waals surface area contributed by atoms with E-state index in [1.165, 1.54) is 12.8 Å². The van der Waals surface area contributed by atoms with Gasteiger partial charge in [-0.2, -0.15) is 5.10 Å². The number of nitrogens with two attached hydrogens (primary N) is 1. The van der Waals surface area contributed by atoms with E-state index in [0.717, 1.165) is 41.4 Å². The van der Waals surface area contributed by atoms with Crippen LogP contribution in [-0.4, -0.2) is 35.7 Å². The van der Waals surface area contributed by atoms with Crippen molar-refractivity contribution in [2.75, 3.05) is 18.0 Å². The molecule has 1 aromatic heterocycles. The summed E-state index contributed by atoms with van der Waals surface area (Å²) in [6, 6.07) is 16.8. The monoisotopic (exact) mass is 429 g/mol. The minimum Gasteiger partial charge on any atom is -0.372 e. The van der Waals surface area contributed by atoms with Crippen molar-refractivity contribution >= 4 is 23.7 Å². The standard InChI is InChI=1S/C25H27N5O2/c1-17-15-21(18(2)30(17)23-11-5-19(6-12-23)24(26)31)16-27-28-25(32)20-7-9-22(10-8-20)29-13-3-4-14-29/h5-12,15-16H,3-4,13-14H2,1-2H3,(H2,26,31)(H,28,32)/b27-16-. The van der Waals surface area contributed by atoms with E-state index in [4.69, 9.17) is 5.73 Å². The van der Waals surface area contributed by atoms with Crippen LogP contribution in [0.2, 0.25) is 0 Å². The molecule has 0 unspecified atom stereocenters. The zero-order valence-electron chi connectivity index (χ0n) is 18.3. The molecule has 7 heteroatoms. The first-order chi connectivity index (χ1) is 15.4. The Kier molecular flexibility index (Phi) is 6.07. The van der Waals surface area contributed by atoms with E-state index >= 15 is 0 Å². The molecule has 1 aliphatic heterocycles. The third-order valence-corrected chi connectivity index (χ3v) is 5.85. The van der Waals surface area contributed by atoms with Crippen molar-refractivity contribution in [1.82, 2.24) is 9.99 Å². The maximum absolute atomic E-state index is 12.5. The highest BCUT2D eigenvalue weighted by molar-refractivity contribution is 5.95. The Labute approximate surface area is 187 Å². The Morgan fingerprint density at radius 1 is 0.938 bits per heavy atom. The number of carbonyl (C=O) groups excluding carboxylic acids is 2. The van der Waals surface area contributed by atoms with Crippen LogP contribution in [0.3, 0.4) is 0 Å². The molecule has 0 bridgehead atoms. The van der Waals surface area contributed by atoms with Crippen molar-refractivity contribution in [2.45, 2.75) is 26.7 Å². The molecule has 2 amide bonds. The number of aromatic nitrogens is 1. The molecule has 0 radical (unpaired) electrons. The van der Waals surface area contributed by atoms with Crippen LogP contribution < -0.4 is 16.1 Å². The molecule has 4 rings (SSSR count). The van der Waals surface area contributed by atoms with Crippen molar-refractivity contribution < 1.29 is 9.59 Å². The van der Waals surface area contributed by atoms with Crippen molar-refractivity contribution in [3.63, 3.8) is 0 Å². The number of amides is 2. The Morgan fingerprint density at radius 3 is 2.16 bits per heavy atom. The van der Waals surface area contributed by atoms with E-state index in [-0.39, 0.29) is 5.91 Å². The molecular formula is C25H27N5O2. The number of benzene rings is 2. The van der Waals surface area contributed by atoms with Crippen LogP contribution in [0.4, 0.5) is 5.69 Å². The molecule has 32 heavy (non-hydrogen) atoms. The molecule has 0 saturated carbocycles. The molecule has 164 valence electrons. The number of aryl methyl sites for hydroxylation is 1. The van der Waals surface area contributed by atoms with E-state index in [0.29, 0.717) is 11.1 Å². The third-order valence-electron chi connectivity index (χ3n) is 5.85. The molecule has 2 heterocycles. The zero-order chi connectivity index (χ0) is 22.7. The number of hydrogen-bond donors (Lipinski definition) is 2. The second kappa shape index (κ2) is 9.09. The van der Waals surface area contributed by atoms with E-state index in [2.05, 4.69) is 20.0 Å². The molecule has 2 aromatic carbocycles. The highest BCUT2D eigenvalue weighted by Crippen LogP contribution is 2.21. The summed E-state index contributed by atoms with van der Waals surface area (Å²) < 4.78 is 2.06. The Hall–Kier alpha value is -3.87. The lowest BCUT2D eigenvalue weighted by atomic mass is 10.2. The third kappa shape index (κ3) is 4.42. The Balaban J connectivity index is 1.44. The van der Waals surface area contributed by atoms with Crippen molar-refractivity contribution in [3.05, 3.63) is 82.7 Å². The number of hydrogen-bond acceptors (Lipinski definition) is 4. The summed E-state index contributed by atoms with van der Waals surface area (Å²) in [5, 5.41) is 4.15. The van der Waals surface area contributed by atoms with E-state index in [1.54, 1.807) is 18.3 Å². The van der Waals surface area contributed by atoms with Gasteiger partial charge in [0.1, 0.15) is 0 Å². The van der Waals surface area contributed by atoms with Crippen LogP contribution >= 0.6 is 0 Å². The molecule has 1 aliphatic rings. The van der Waals surface area contributed by atoms with E-state index < -0.39 is 5.91 Å². The lowest BCUT2D eigenvalue weighted by Crippen LogP contribution is -2.19. The number of carbonyl (C=O) groups is 2. The van der Waals surface area contributed by atoms with Crippen LogP contribution in [0.15, 0.2) is 59.7 Å². The lowest BCUT2D eigenvalue weighted by Gasteiger charge is -2.17. The van der Waals surface area contributed by atoms with Crippen LogP contribution in [-0.2, 0) is 0 Å². The van der Waals surface area contributed by atoms with Gasteiger partial charge in [0.15, 0.2) is 0 Å². The second-order valence-electron chi connectivity index (χ2n) is 8.01. The van der Waals surface area contributed by atoms with E-state index in [9.17, 15) is 9.59 Å².